The first-order valence-electron chi connectivity index (χ1n) is 8.80. The third kappa shape index (κ3) is 3.35. The molecule has 1 saturated heterocycles. The van der Waals surface area contributed by atoms with E-state index in [-0.39, 0.29) is 0 Å². The molecule has 1 N–H and O–H groups in total. The molecule has 1 fully saturated rings. The second kappa shape index (κ2) is 6.80. The average Bonchev–Trinajstić information content (AvgIpc) is 3.25. The average molecular weight is 337 g/mol. The third-order valence-corrected chi connectivity index (χ3v) is 4.96. The largest absolute Gasteiger partial charge is 0.361 e. The van der Waals surface area contributed by atoms with Gasteiger partial charge < -0.3 is 9.51 Å². The molecule has 0 bridgehead atoms. The fourth-order valence-corrected chi connectivity index (χ4v) is 3.73. The summed E-state index contributed by atoms with van der Waals surface area (Å²) in [7, 11) is 0. The molecule has 0 spiro atoms. The highest BCUT2D eigenvalue weighted by Crippen LogP contribution is 2.30. The van der Waals surface area contributed by atoms with Gasteiger partial charge in [0.25, 0.3) is 0 Å². The van der Waals surface area contributed by atoms with Gasteiger partial charge in [-0.25, -0.2) is 4.98 Å². The van der Waals surface area contributed by atoms with Crippen molar-refractivity contribution in [2.75, 3.05) is 13.1 Å². The van der Waals surface area contributed by atoms with Gasteiger partial charge in [-0.05, 0) is 39.3 Å². The highest BCUT2D eigenvalue weighted by molar-refractivity contribution is 5.66. The first-order valence-corrected chi connectivity index (χ1v) is 8.80. The lowest BCUT2D eigenvalue weighted by molar-refractivity contribution is 0.194. The number of piperidine rings is 1. The number of aromatic amines is 1. The summed E-state index contributed by atoms with van der Waals surface area (Å²) in [6.07, 6.45) is 8.02. The zero-order valence-electron chi connectivity index (χ0n) is 14.7. The standard InChI is InChI=1S/C19H23N5O/c1-13-19(14(2)25-23-13)15-5-6-17(22-10-15)16-4-3-9-24(11-16)12-18-20-7-8-21-18/h5-8,10,16H,3-4,9,11-12H2,1-2H3,(H,20,21). The fraction of sp³-hybridized carbons (Fsp3) is 0.421. The van der Waals surface area contributed by atoms with E-state index in [1.54, 1.807) is 0 Å². The van der Waals surface area contributed by atoms with Crippen molar-refractivity contribution in [3.63, 3.8) is 0 Å². The van der Waals surface area contributed by atoms with Gasteiger partial charge >= 0.3 is 0 Å². The lowest BCUT2D eigenvalue weighted by atomic mass is 9.93. The Morgan fingerprint density at radius 2 is 2.20 bits per heavy atom. The summed E-state index contributed by atoms with van der Waals surface area (Å²) in [5.41, 5.74) is 4.21. The molecule has 25 heavy (non-hydrogen) atoms. The number of H-pyrrole nitrogens is 1. The molecular formula is C19H23N5O. The quantitative estimate of drug-likeness (QED) is 0.789. The first-order chi connectivity index (χ1) is 12.2. The maximum Gasteiger partial charge on any atom is 0.141 e. The van der Waals surface area contributed by atoms with Crippen molar-refractivity contribution in [2.24, 2.45) is 0 Å². The maximum absolute atomic E-state index is 5.27. The van der Waals surface area contributed by atoms with Crippen molar-refractivity contribution in [3.8, 4) is 11.1 Å². The zero-order valence-corrected chi connectivity index (χ0v) is 14.7. The van der Waals surface area contributed by atoms with Crippen LogP contribution in [0.1, 0.15) is 41.7 Å². The Morgan fingerprint density at radius 3 is 2.88 bits per heavy atom. The van der Waals surface area contributed by atoms with Gasteiger partial charge in [0.15, 0.2) is 0 Å². The van der Waals surface area contributed by atoms with Crippen LogP contribution in [0.25, 0.3) is 11.1 Å². The van der Waals surface area contributed by atoms with Crippen molar-refractivity contribution in [3.05, 3.63) is 53.7 Å². The van der Waals surface area contributed by atoms with Gasteiger partial charge in [-0.3, -0.25) is 9.88 Å². The first kappa shape index (κ1) is 16.0. The van der Waals surface area contributed by atoms with Crippen LogP contribution in [0.5, 0.6) is 0 Å². The number of aryl methyl sites for hydroxylation is 2. The zero-order chi connectivity index (χ0) is 17.2. The Labute approximate surface area is 147 Å². The van der Waals surface area contributed by atoms with E-state index in [1.165, 1.54) is 18.5 Å². The summed E-state index contributed by atoms with van der Waals surface area (Å²) < 4.78 is 5.27. The van der Waals surface area contributed by atoms with Gasteiger partial charge in [-0.15, -0.1) is 0 Å². The minimum absolute atomic E-state index is 0.474. The molecule has 3 aromatic rings. The predicted molar refractivity (Wildman–Crippen MR) is 95.0 cm³/mol. The molecule has 1 atom stereocenters. The molecule has 4 rings (SSSR count). The Hall–Kier alpha value is -2.47. The van der Waals surface area contributed by atoms with Gasteiger partial charge in [-0.1, -0.05) is 11.2 Å². The SMILES string of the molecule is Cc1noc(C)c1-c1ccc(C2CCCN(Cc3ncc[nH]3)C2)nc1. The summed E-state index contributed by atoms with van der Waals surface area (Å²) in [5.74, 6) is 2.35. The molecular weight excluding hydrogens is 314 g/mol. The topological polar surface area (TPSA) is 70.8 Å². The summed E-state index contributed by atoms with van der Waals surface area (Å²) in [6, 6.07) is 4.29. The van der Waals surface area contributed by atoms with Gasteiger partial charge in [0, 0.05) is 47.9 Å². The number of nitrogens with one attached hydrogen (secondary N) is 1. The van der Waals surface area contributed by atoms with E-state index >= 15 is 0 Å². The lowest BCUT2D eigenvalue weighted by Crippen LogP contribution is -2.34. The van der Waals surface area contributed by atoms with Crippen LogP contribution in [-0.2, 0) is 6.54 Å². The van der Waals surface area contributed by atoms with E-state index in [4.69, 9.17) is 9.51 Å². The number of pyridine rings is 1. The summed E-state index contributed by atoms with van der Waals surface area (Å²) in [6.45, 7) is 6.93. The van der Waals surface area contributed by atoms with Crippen LogP contribution in [0.3, 0.4) is 0 Å². The predicted octanol–water partition coefficient (Wildman–Crippen LogP) is 3.46. The summed E-state index contributed by atoms with van der Waals surface area (Å²) >= 11 is 0. The molecule has 0 saturated carbocycles. The highest BCUT2D eigenvalue weighted by atomic mass is 16.5. The van der Waals surface area contributed by atoms with Crippen LogP contribution >= 0.6 is 0 Å². The molecule has 130 valence electrons. The number of hydrogen-bond acceptors (Lipinski definition) is 5. The van der Waals surface area contributed by atoms with E-state index < -0.39 is 0 Å². The minimum Gasteiger partial charge on any atom is -0.361 e. The van der Waals surface area contributed by atoms with E-state index in [1.807, 2.05) is 32.4 Å². The van der Waals surface area contributed by atoms with Crippen molar-refractivity contribution in [2.45, 2.75) is 39.2 Å². The Bertz CT molecular complexity index is 803. The number of aromatic nitrogens is 4. The molecule has 0 aliphatic carbocycles. The normalized spacial score (nSPS) is 18.6. The summed E-state index contributed by atoms with van der Waals surface area (Å²) in [4.78, 5) is 14.7. The molecule has 6 nitrogen and oxygen atoms in total. The van der Waals surface area contributed by atoms with Gasteiger partial charge in [0.2, 0.25) is 0 Å². The molecule has 0 radical (unpaired) electrons. The number of nitrogens with zero attached hydrogens (tertiary/aromatic N) is 4. The molecule has 1 unspecified atom stereocenters. The van der Waals surface area contributed by atoms with Gasteiger partial charge in [0.1, 0.15) is 11.6 Å². The van der Waals surface area contributed by atoms with Crippen molar-refractivity contribution < 1.29 is 4.52 Å². The number of likely N-dealkylation sites (tertiary alicyclic amines) is 1. The molecule has 0 amide bonds. The van der Waals surface area contributed by atoms with Crippen LogP contribution < -0.4 is 0 Å². The minimum atomic E-state index is 0.474. The molecule has 1 aliphatic rings. The molecule has 1 aliphatic heterocycles. The van der Waals surface area contributed by atoms with Crippen molar-refractivity contribution in [1.29, 1.82) is 0 Å². The molecule has 4 heterocycles. The summed E-state index contributed by atoms with van der Waals surface area (Å²) in [5, 5.41) is 4.03. The maximum atomic E-state index is 5.27. The second-order valence-electron chi connectivity index (χ2n) is 6.78. The van der Waals surface area contributed by atoms with Gasteiger partial charge in [0.05, 0.1) is 12.2 Å². The van der Waals surface area contributed by atoms with Gasteiger partial charge in [-0.2, -0.15) is 0 Å². The van der Waals surface area contributed by atoms with Crippen molar-refractivity contribution >= 4 is 0 Å². The monoisotopic (exact) mass is 337 g/mol. The smallest absolute Gasteiger partial charge is 0.141 e. The number of rotatable bonds is 4. The number of hydrogen-bond donors (Lipinski definition) is 1. The van der Waals surface area contributed by atoms with Crippen LogP contribution in [0.15, 0.2) is 35.2 Å². The molecule has 6 heteroatoms. The Kier molecular flexibility index (Phi) is 4.36. The van der Waals surface area contributed by atoms with E-state index in [2.05, 4.69) is 32.2 Å². The second-order valence-corrected chi connectivity index (χ2v) is 6.78. The van der Waals surface area contributed by atoms with Crippen molar-refractivity contribution in [1.82, 2.24) is 25.0 Å². The van der Waals surface area contributed by atoms with Crippen LogP contribution in [0, 0.1) is 13.8 Å². The number of imidazole rings is 1. The van der Waals surface area contributed by atoms with Crippen LogP contribution in [0.2, 0.25) is 0 Å². The van der Waals surface area contributed by atoms with Crippen LogP contribution in [0.4, 0.5) is 0 Å². The Balaban J connectivity index is 1.48. The highest BCUT2D eigenvalue weighted by Gasteiger charge is 2.23. The van der Waals surface area contributed by atoms with E-state index in [0.717, 1.165) is 48.0 Å². The van der Waals surface area contributed by atoms with E-state index in [0.29, 0.717) is 5.92 Å². The molecule has 3 aromatic heterocycles. The third-order valence-electron chi connectivity index (χ3n) is 4.96. The van der Waals surface area contributed by atoms with Crippen LogP contribution in [-0.4, -0.2) is 38.1 Å². The lowest BCUT2D eigenvalue weighted by Gasteiger charge is -2.31. The Morgan fingerprint density at radius 1 is 1.28 bits per heavy atom. The molecule has 0 aromatic carbocycles. The van der Waals surface area contributed by atoms with E-state index in [9.17, 15) is 0 Å². The fourth-order valence-electron chi connectivity index (χ4n) is 3.73.